The Bertz CT molecular complexity index is 367. The van der Waals surface area contributed by atoms with E-state index in [1.807, 2.05) is 37.3 Å². The van der Waals surface area contributed by atoms with Gasteiger partial charge >= 0.3 is 6.18 Å². The Morgan fingerprint density at radius 3 is 2.35 bits per heavy atom. The lowest BCUT2D eigenvalue weighted by Gasteiger charge is -2.27. The maximum absolute atomic E-state index is 12.2. The van der Waals surface area contributed by atoms with Gasteiger partial charge in [-0.15, -0.1) is 0 Å². The molecule has 2 nitrogen and oxygen atoms in total. The minimum atomic E-state index is -4.09. The number of likely N-dealkylation sites (N-methyl/N-ethyl adjacent to an activating group) is 1. The molecule has 0 radical (unpaired) electrons. The van der Waals surface area contributed by atoms with Crippen LogP contribution in [0.3, 0.4) is 0 Å². The molecule has 2 atom stereocenters. The quantitative estimate of drug-likeness (QED) is 0.778. The van der Waals surface area contributed by atoms with E-state index in [2.05, 4.69) is 5.32 Å². The van der Waals surface area contributed by atoms with Crippen molar-refractivity contribution in [1.29, 1.82) is 0 Å². The van der Waals surface area contributed by atoms with Crippen molar-refractivity contribution in [2.75, 3.05) is 13.7 Å². The average Bonchev–Trinajstić information content (AvgIpc) is 2.39. The van der Waals surface area contributed by atoms with Crippen molar-refractivity contribution in [2.45, 2.75) is 44.5 Å². The van der Waals surface area contributed by atoms with Crippen molar-refractivity contribution >= 4 is 0 Å². The molecule has 0 amide bonds. The topological polar surface area (TPSA) is 21.3 Å². The van der Waals surface area contributed by atoms with Crippen LogP contribution in [0.4, 0.5) is 13.2 Å². The third kappa shape index (κ3) is 5.92. The smallest absolute Gasteiger partial charge is 0.375 e. The highest BCUT2D eigenvalue weighted by Gasteiger charge is 2.28. The highest BCUT2D eigenvalue weighted by molar-refractivity contribution is 5.19. The lowest BCUT2D eigenvalue weighted by atomic mass is 9.97. The van der Waals surface area contributed by atoms with Crippen LogP contribution in [0.2, 0.25) is 0 Å². The van der Waals surface area contributed by atoms with Gasteiger partial charge in [-0.05, 0) is 24.9 Å². The Balaban J connectivity index is 2.67. The molecule has 0 aliphatic carbocycles. The number of alkyl halides is 3. The van der Waals surface area contributed by atoms with E-state index in [9.17, 15) is 13.2 Å². The molecule has 0 aliphatic heterocycles. The summed E-state index contributed by atoms with van der Waals surface area (Å²) in [6.07, 6.45) is -4.54. The molecular formula is C15H22F3NO. The van der Waals surface area contributed by atoms with Gasteiger partial charge in [-0.3, -0.25) is 0 Å². The van der Waals surface area contributed by atoms with E-state index in [4.69, 9.17) is 4.74 Å². The van der Waals surface area contributed by atoms with Gasteiger partial charge in [0.05, 0.1) is 6.10 Å². The monoisotopic (exact) mass is 289 g/mol. The summed E-state index contributed by atoms with van der Waals surface area (Å²) in [5.41, 5.74) is 0.980. The van der Waals surface area contributed by atoms with Crippen molar-refractivity contribution in [3.05, 3.63) is 35.9 Å². The molecule has 1 N–H and O–H groups in total. The standard InChI is InChI=1S/C15H22F3NO/c1-3-19-13(10-7-11-15(16,17)18)14(20-2)12-8-5-4-6-9-12/h4-6,8-9,13-14,19H,3,7,10-11H2,1-2H3. The van der Waals surface area contributed by atoms with Gasteiger partial charge < -0.3 is 10.1 Å². The molecule has 0 heterocycles. The molecule has 0 aromatic heterocycles. The summed E-state index contributed by atoms with van der Waals surface area (Å²) in [4.78, 5) is 0. The number of methoxy groups -OCH3 is 1. The second-order valence-electron chi connectivity index (χ2n) is 4.74. The lowest BCUT2D eigenvalue weighted by molar-refractivity contribution is -0.136. The van der Waals surface area contributed by atoms with E-state index in [0.717, 1.165) is 5.56 Å². The first kappa shape index (κ1) is 17.0. The number of hydrogen-bond donors (Lipinski definition) is 1. The second-order valence-corrected chi connectivity index (χ2v) is 4.74. The predicted molar refractivity (Wildman–Crippen MR) is 73.6 cm³/mol. The molecule has 1 rings (SSSR count). The minimum absolute atomic E-state index is 0.105. The summed E-state index contributed by atoms with van der Waals surface area (Å²) in [7, 11) is 1.59. The van der Waals surface area contributed by atoms with Gasteiger partial charge in [0.25, 0.3) is 0 Å². The summed E-state index contributed by atoms with van der Waals surface area (Å²) >= 11 is 0. The molecule has 0 fully saturated rings. The van der Waals surface area contributed by atoms with E-state index in [1.165, 1.54) is 0 Å². The summed E-state index contributed by atoms with van der Waals surface area (Å²) in [5.74, 6) is 0. The highest BCUT2D eigenvalue weighted by atomic mass is 19.4. The highest BCUT2D eigenvalue weighted by Crippen LogP contribution is 2.27. The molecule has 1 aromatic rings. The fraction of sp³-hybridized carbons (Fsp3) is 0.600. The number of nitrogens with one attached hydrogen (secondary N) is 1. The van der Waals surface area contributed by atoms with Crippen LogP contribution in [0.1, 0.15) is 37.9 Å². The van der Waals surface area contributed by atoms with E-state index in [0.29, 0.717) is 13.0 Å². The number of rotatable bonds is 8. The summed E-state index contributed by atoms with van der Waals surface area (Å²) in [6, 6.07) is 9.46. The molecule has 0 saturated carbocycles. The van der Waals surface area contributed by atoms with E-state index < -0.39 is 12.6 Å². The van der Waals surface area contributed by atoms with Crippen LogP contribution in [-0.4, -0.2) is 25.9 Å². The molecule has 1 aromatic carbocycles. The van der Waals surface area contributed by atoms with Crippen LogP contribution in [-0.2, 0) is 4.74 Å². The molecule has 20 heavy (non-hydrogen) atoms. The molecule has 0 spiro atoms. The molecular weight excluding hydrogens is 267 g/mol. The van der Waals surface area contributed by atoms with Crippen LogP contribution >= 0.6 is 0 Å². The Kier molecular flexibility index (Phi) is 7.02. The predicted octanol–water partition coefficient (Wildman–Crippen LogP) is 4.08. The van der Waals surface area contributed by atoms with Crippen LogP contribution in [0, 0.1) is 0 Å². The normalized spacial score (nSPS) is 15.1. The first-order valence-corrected chi connectivity index (χ1v) is 6.85. The van der Waals surface area contributed by atoms with Gasteiger partial charge in [-0.2, -0.15) is 13.2 Å². The van der Waals surface area contributed by atoms with Gasteiger partial charge in [-0.1, -0.05) is 37.3 Å². The Morgan fingerprint density at radius 2 is 1.85 bits per heavy atom. The van der Waals surface area contributed by atoms with Crippen molar-refractivity contribution in [1.82, 2.24) is 5.32 Å². The van der Waals surface area contributed by atoms with Crippen molar-refractivity contribution < 1.29 is 17.9 Å². The van der Waals surface area contributed by atoms with Gasteiger partial charge in [-0.25, -0.2) is 0 Å². The SMILES string of the molecule is CCNC(CCCC(F)(F)F)C(OC)c1ccccc1. The third-order valence-corrected chi connectivity index (χ3v) is 3.19. The number of hydrogen-bond acceptors (Lipinski definition) is 2. The van der Waals surface area contributed by atoms with Crippen molar-refractivity contribution in [3.8, 4) is 0 Å². The van der Waals surface area contributed by atoms with E-state index in [-0.39, 0.29) is 18.6 Å². The first-order valence-electron chi connectivity index (χ1n) is 6.85. The van der Waals surface area contributed by atoms with Crippen LogP contribution in [0.25, 0.3) is 0 Å². The maximum atomic E-state index is 12.2. The summed E-state index contributed by atoms with van der Waals surface area (Å²) in [5, 5.41) is 3.23. The Labute approximate surface area is 118 Å². The summed E-state index contributed by atoms with van der Waals surface area (Å²) < 4.78 is 42.2. The number of halogens is 3. The zero-order valence-corrected chi connectivity index (χ0v) is 11.9. The van der Waals surface area contributed by atoms with Crippen LogP contribution in [0.15, 0.2) is 30.3 Å². The largest absolute Gasteiger partial charge is 0.389 e. The molecule has 0 saturated heterocycles. The van der Waals surface area contributed by atoms with Gasteiger partial charge in [0, 0.05) is 19.6 Å². The fourth-order valence-electron chi connectivity index (χ4n) is 2.32. The molecule has 0 bridgehead atoms. The second kappa shape index (κ2) is 8.27. The van der Waals surface area contributed by atoms with Crippen molar-refractivity contribution in [2.24, 2.45) is 0 Å². The number of ether oxygens (including phenoxy) is 1. The van der Waals surface area contributed by atoms with E-state index >= 15 is 0 Å². The van der Waals surface area contributed by atoms with Gasteiger partial charge in [0.1, 0.15) is 0 Å². The van der Waals surface area contributed by atoms with E-state index in [1.54, 1.807) is 7.11 Å². The Hall–Kier alpha value is -1.07. The van der Waals surface area contributed by atoms with Crippen molar-refractivity contribution in [3.63, 3.8) is 0 Å². The molecule has 0 aliphatic rings. The minimum Gasteiger partial charge on any atom is -0.375 e. The molecule has 114 valence electrons. The first-order chi connectivity index (χ1) is 9.48. The zero-order chi connectivity index (χ0) is 15.0. The lowest BCUT2D eigenvalue weighted by Crippen LogP contribution is -2.36. The zero-order valence-electron chi connectivity index (χ0n) is 11.9. The van der Waals surface area contributed by atoms with Gasteiger partial charge in [0.2, 0.25) is 0 Å². The molecule has 5 heteroatoms. The Morgan fingerprint density at radius 1 is 1.20 bits per heavy atom. The van der Waals surface area contributed by atoms with Crippen LogP contribution in [0.5, 0.6) is 0 Å². The molecule has 2 unspecified atom stereocenters. The van der Waals surface area contributed by atoms with Gasteiger partial charge in [0.15, 0.2) is 0 Å². The maximum Gasteiger partial charge on any atom is 0.389 e. The fourth-order valence-corrected chi connectivity index (χ4v) is 2.32. The number of benzene rings is 1. The third-order valence-electron chi connectivity index (χ3n) is 3.19. The average molecular weight is 289 g/mol. The summed E-state index contributed by atoms with van der Waals surface area (Å²) in [6.45, 7) is 2.64. The van der Waals surface area contributed by atoms with Crippen LogP contribution < -0.4 is 5.32 Å².